The smallest absolute Gasteiger partial charge is 0.485 e. The number of hydrogen-bond acceptors (Lipinski definition) is 3. The van der Waals surface area contributed by atoms with E-state index in [1.54, 1.807) is 0 Å². The Bertz CT molecular complexity index is 704. The van der Waals surface area contributed by atoms with E-state index in [-0.39, 0.29) is 0 Å². The summed E-state index contributed by atoms with van der Waals surface area (Å²) >= 11 is 0.557. The number of aromatic nitrogens is 1. The van der Waals surface area contributed by atoms with Crippen LogP contribution in [0.4, 0.5) is 13.2 Å². The molecule has 0 N–H and O–H groups in total. The van der Waals surface area contributed by atoms with E-state index in [9.17, 15) is 13.2 Å². The third-order valence-electron chi connectivity index (χ3n) is 2.48. The number of halogens is 3. The molecule has 0 saturated carbocycles. The van der Waals surface area contributed by atoms with Crippen LogP contribution in [0.2, 0.25) is 0 Å². The van der Waals surface area contributed by atoms with Crippen LogP contribution in [-0.4, -0.2) is 33.4 Å². The van der Waals surface area contributed by atoms with Gasteiger partial charge in [0.1, 0.15) is 0 Å². The maximum Gasteiger partial charge on any atom is 0.485 e. The first-order valence-corrected chi connectivity index (χ1v) is 9.71. The molecule has 0 aliphatic heterocycles. The Morgan fingerprint density at radius 2 is 1.57 bits per heavy atom. The average Bonchev–Trinajstić information content (AvgIpc) is 2.46. The van der Waals surface area contributed by atoms with Crippen molar-refractivity contribution in [1.82, 2.24) is 0 Å². The Morgan fingerprint density at radius 1 is 1.09 bits per heavy atom. The number of rotatable bonds is 3. The van der Waals surface area contributed by atoms with E-state index in [4.69, 9.17) is 13.0 Å². The SMILES string of the molecule is C[n+]1ccc(C[Se]c2ccccc2)cc1.O=S(=O)([O-])C(F)(F)F. The van der Waals surface area contributed by atoms with Crippen LogP contribution in [0, 0.1) is 0 Å². The summed E-state index contributed by atoms with van der Waals surface area (Å²) in [7, 11) is -4.04. The Hall–Kier alpha value is -1.41. The van der Waals surface area contributed by atoms with Gasteiger partial charge in [0.15, 0.2) is 10.1 Å². The van der Waals surface area contributed by atoms with Gasteiger partial charge in [0, 0.05) is 0 Å². The molecule has 4 nitrogen and oxygen atoms in total. The van der Waals surface area contributed by atoms with E-state index in [0.29, 0.717) is 15.0 Å². The van der Waals surface area contributed by atoms with Gasteiger partial charge in [0.25, 0.3) is 0 Å². The molecule has 1 aromatic carbocycles. The van der Waals surface area contributed by atoms with Crippen LogP contribution in [0.5, 0.6) is 0 Å². The van der Waals surface area contributed by atoms with Gasteiger partial charge in [-0.3, -0.25) is 0 Å². The van der Waals surface area contributed by atoms with E-state index in [0.717, 1.165) is 0 Å². The molecule has 0 bridgehead atoms. The molecule has 2 rings (SSSR count). The van der Waals surface area contributed by atoms with E-state index >= 15 is 0 Å². The van der Waals surface area contributed by atoms with Crippen LogP contribution in [0.3, 0.4) is 0 Å². The zero-order valence-electron chi connectivity index (χ0n) is 12.0. The fraction of sp³-hybridized carbons (Fsp3) is 0.214. The Balaban J connectivity index is 0.000000284. The molecule has 0 amide bonds. The molecule has 23 heavy (non-hydrogen) atoms. The normalized spacial score (nSPS) is 11.5. The van der Waals surface area contributed by atoms with Crippen molar-refractivity contribution >= 4 is 29.5 Å². The van der Waals surface area contributed by atoms with Crippen molar-refractivity contribution < 1.29 is 30.7 Å². The second-order valence-electron chi connectivity index (χ2n) is 4.37. The molecule has 9 heteroatoms. The van der Waals surface area contributed by atoms with Crippen molar-refractivity contribution in [2.24, 2.45) is 7.05 Å². The largest absolute Gasteiger partial charge is 0.741 e. The van der Waals surface area contributed by atoms with Crippen LogP contribution in [0.25, 0.3) is 0 Å². The first-order chi connectivity index (χ1) is 10.6. The topological polar surface area (TPSA) is 61.1 Å². The second-order valence-corrected chi connectivity index (χ2v) is 7.94. The van der Waals surface area contributed by atoms with Gasteiger partial charge in [-0.25, -0.2) is 8.42 Å². The van der Waals surface area contributed by atoms with Crippen molar-refractivity contribution in [1.29, 1.82) is 0 Å². The summed E-state index contributed by atoms with van der Waals surface area (Å²) in [6.45, 7) is 0. The molecule has 0 atom stereocenters. The van der Waals surface area contributed by atoms with Crippen LogP contribution >= 0.6 is 0 Å². The van der Waals surface area contributed by atoms with Crippen LogP contribution in [0.15, 0.2) is 54.9 Å². The van der Waals surface area contributed by atoms with E-state index in [1.165, 1.54) is 15.3 Å². The van der Waals surface area contributed by atoms with Gasteiger partial charge >= 0.3 is 102 Å². The average molecular weight is 412 g/mol. The molecule has 0 fully saturated rings. The molecular formula is C14H14F3NO3SSe. The fourth-order valence-corrected chi connectivity index (χ4v) is 3.15. The number of hydrogen-bond donors (Lipinski definition) is 0. The monoisotopic (exact) mass is 413 g/mol. The zero-order chi connectivity index (χ0) is 17.5. The van der Waals surface area contributed by atoms with Gasteiger partial charge in [-0.1, -0.05) is 0 Å². The van der Waals surface area contributed by atoms with Gasteiger partial charge in [-0.2, -0.15) is 13.2 Å². The minimum atomic E-state index is -6.09. The zero-order valence-corrected chi connectivity index (χ0v) is 14.6. The minimum Gasteiger partial charge on any atom is -0.741 e. The second kappa shape index (κ2) is 8.44. The third kappa shape index (κ3) is 7.60. The number of benzene rings is 1. The van der Waals surface area contributed by atoms with Crippen LogP contribution < -0.4 is 9.03 Å². The molecule has 0 spiro atoms. The van der Waals surface area contributed by atoms with Crippen LogP contribution in [0.1, 0.15) is 5.56 Å². The summed E-state index contributed by atoms with van der Waals surface area (Å²) in [5.74, 6) is 0. The standard InChI is InChI=1S/C13H14NSe.CHF3O3S/c1-14-9-7-12(8-10-14)11-15-13-5-3-2-4-6-13;2-1(3,4)8(5,6)7/h2-10H,11H2,1H3;(H,5,6,7)/q+1;/p-1. The van der Waals surface area contributed by atoms with Gasteiger partial charge in [0.05, 0.1) is 0 Å². The molecule has 0 unspecified atom stereocenters. The molecule has 126 valence electrons. The summed E-state index contributed by atoms with van der Waals surface area (Å²) in [6, 6.07) is 15.1. The van der Waals surface area contributed by atoms with Gasteiger partial charge in [0.2, 0.25) is 0 Å². The number of alkyl halides is 3. The van der Waals surface area contributed by atoms with Crippen molar-refractivity contribution in [2.75, 3.05) is 0 Å². The quantitative estimate of drug-likeness (QED) is 0.328. The van der Waals surface area contributed by atoms with Gasteiger partial charge in [-0.15, -0.1) is 0 Å². The molecule has 0 radical (unpaired) electrons. The number of aryl methyl sites for hydroxylation is 1. The molecule has 1 heterocycles. The van der Waals surface area contributed by atoms with E-state index < -0.39 is 15.6 Å². The molecule has 2 aromatic rings. The molecule has 0 aliphatic carbocycles. The maximum absolute atomic E-state index is 10.7. The summed E-state index contributed by atoms with van der Waals surface area (Å²) in [5, 5.41) is 1.18. The van der Waals surface area contributed by atoms with Crippen molar-refractivity contribution in [3.8, 4) is 0 Å². The number of nitrogens with zero attached hydrogens (tertiary/aromatic N) is 1. The molecule has 1 aromatic heterocycles. The summed E-state index contributed by atoms with van der Waals surface area (Å²) in [5.41, 5.74) is -4.22. The van der Waals surface area contributed by atoms with Gasteiger partial charge < -0.3 is 4.55 Å². The molecule has 0 aliphatic rings. The van der Waals surface area contributed by atoms with E-state index in [1.807, 2.05) is 7.05 Å². The van der Waals surface area contributed by atoms with Crippen molar-refractivity contribution in [3.63, 3.8) is 0 Å². The predicted octanol–water partition coefficient (Wildman–Crippen LogP) is 1.09. The molecular weight excluding hydrogens is 398 g/mol. The van der Waals surface area contributed by atoms with E-state index in [2.05, 4.69) is 59.4 Å². The Kier molecular flexibility index (Phi) is 7.21. The predicted molar refractivity (Wildman–Crippen MR) is 78.9 cm³/mol. The summed E-state index contributed by atoms with van der Waals surface area (Å²) in [6.07, 6.45) is 4.22. The van der Waals surface area contributed by atoms with Crippen LogP contribution in [-0.2, 0) is 22.5 Å². The minimum absolute atomic E-state index is 0.557. The molecule has 0 saturated heterocycles. The maximum atomic E-state index is 10.7. The number of pyridine rings is 1. The van der Waals surface area contributed by atoms with Crippen molar-refractivity contribution in [2.45, 2.75) is 10.8 Å². The first kappa shape index (κ1) is 19.6. The Labute approximate surface area is 138 Å². The fourth-order valence-electron chi connectivity index (χ4n) is 1.31. The summed E-state index contributed by atoms with van der Waals surface area (Å²) < 4.78 is 62.4. The summed E-state index contributed by atoms with van der Waals surface area (Å²) in [4.78, 5) is 0. The van der Waals surface area contributed by atoms with Gasteiger partial charge in [-0.05, 0) is 0 Å². The first-order valence-electron chi connectivity index (χ1n) is 6.24. The van der Waals surface area contributed by atoms with Crippen molar-refractivity contribution in [3.05, 3.63) is 60.4 Å². The third-order valence-corrected chi connectivity index (χ3v) is 5.32. The Morgan fingerprint density at radius 3 is 2.00 bits per heavy atom.